The lowest BCUT2D eigenvalue weighted by molar-refractivity contribution is -0.118. The quantitative estimate of drug-likeness (QED) is 0.581. The van der Waals surface area contributed by atoms with Crippen LogP contribution in [0.15, 0.2) is 48.1 Å². The molecule has 0 bridgehead atoms. The average molecular weight is 330 g/mol. The van der Waals surface area contributed by atoms with Crippen molar-refractivity contribution in [3.05, 3.63) is 54.5 Å². The van der Waals surface area contributed by atoms with E-state index >= 15 is 0 Å². The molecule has 0 saturated carbocycles. The molecule has 0 heterocycles. The van der Waals surface area contributed by atoms with E-state index in [1.165, 1.54) is 0 Å². The van der Waals surface area contributed by atoms with Gasteiger partial charge >= 0.3 is 0 Å². The van der Waals surface area contributed by atoms with Crippen LogP contribution in [0.25, 0.3) is 0 Å². The van der Waals surface area contributed by atoms with Crippen LogP contribution in [0.3, 0.4) is 0 Å². The number of ketones is 1. The second-order valence-electron chi connectivity index (χ2n) is 5.49. The fraction of sp³-hybridized carbons (Fsp3) is 0.476. The first kappa shape index (κ1) is 22.1. The Labute approximate surface area is 147 Å². The van der Waals surface area contributed by atoms with Gasteiger partial charge in [-0.15, -0.1) is 0 Å². The van der Waals surface area contributed by atoms with Crippen molar-refractivity contribution >= 4 is 11.7 Å². The molecule has 0 aromatic heterocycles. The molecule has 1 rings (SSSR count). The third-order valence-electron chi connectivity index (χ3n) is 3.51. The van der Waals surface area contributed by atoms with E-state index in [1.54, 1.807) is 13.0 Å². The number of rotatable bonds is 10. The molecule has 0 aromatic carbocycles. The Bertz CT molecular complexity index is 484. The largest absolute Gasteiger partial charge is 0.352 e. The van der Waals surface area contributed by atoms with E-state index in [-0.39, 0.29) is 11.7 Å². The van der Waals surface area contributed by atoms with Gasteiger partial charge in [-0.05, 0) is 31.4 Å². The van der Waals surface area contributed by atoms with E-state index in [2.05, 4.69) is 11.9 Å². The second kappa shape index (κ2) is 14.7. The van der Waals surface area contributed by atoms with Gasteiger partial charge in [0.15, 0.2) is 0 Å². The molecule has 0 fully saturated rings. The van der Waals surface area contributed by atoms with Gasteiger partial charge in [-0.2, -0.15) is 0 Å². The molecule has 3 nitrogen and oxygen atoms in total. The molecule has 1 aliphatic rings. The highest BCUT2D eigenvalue weighted by molar-refractivity contribution is 5.96. The van der Waals surface area contributed by atoms with Gasteiger partial charge in [0.1, 0.15) is 5.78 Å². The minimum absolute atomic E-state index is 0.0391. The molecule has 1 amide bonds. The number of hydrogen-bond acceptors (Lipinski definition) is 2. The molecule has 1 N–H and O–H groups in total. The normalized spacial score (nSPS) is 13.0. The van der Waals surface area contributed by atoms with Crippen LogP contribution >= 0.6 is 0 Å². The number of nitrogens with one attached hydrogen (secondary N) is 1. The van der Waals surface area contributed by atoms with E-state index in [4.69, 9.17) is 0 Å². The van der Waals surface area contributed by atoms with Crippen molar-refractivity contribution in [2.75, 3.05) is 6.54 Å². The predicted octanol–water partition coefficient (Wildman–Crippen LogP) is 4.87. The zero-order valence-corrected chi connectivity index (χ0v) is 15.4. The van der Waals surface area contributed by atoms with Gasteiger partial charge in [0, 0.05) is 25.0 Å². The third-order valence-corrected chi connectivity index (χ3v) is 3.51. The zero-order chi connectivity index (χ0) is 18.2. The molecule has 0 saturated heterocycles. The summed E-state index contributed by atoms with van der Waals surface area (Å²) in [6.07, 6.45) is 17.0. The van der Waals surface area contributed by atoms with Crippen LogP contribution in [0.5, 0.6) is 0 Å². The molecule has 1 aliphatic carbocycles. The first-order chi connectivity index (χ1) is 11.6. The van der Waals surface area contributed by atoms with Crippen molar-refractivity contribution in [3.8, 4) is 0 Å². The summed E-state index contributed by atoms with van der Waals surface area (Å²) < 4.78 is 0. The SMILES string of the molecule is C=CC1=CC=CC(C(=O)NCCCCCCCC(C)=O)=C[CH]1.CC. The summed E-state index contributed by atoms with van der Waals surface area (Å²) in [6.45, 7) is 10.0. The molecule has 24 heavy (non-hydrogen) atoms. The molecule has 0 unspecified atom stereocenters. The Morgan fingerprint density at radius 2 is 1.75 bits per heavy atom. The average Bonchev–Trinajstić information content (AvgIpc) is 2.84. The maximum atomic E-state index is 12.0. The van der Waals surface area contributed by atoms with Gasteiger partial charge < -0.3 is 10.1 Å². The summed E-state index contributed by atoms with van der Waals surface area (Å²) in [5, 5.41) is 2.94. The Hall–Kier alpha value is -1.90. The van der Waals surface area contributed by atoms with Crippen molar-refractivity contribution in [3.63, 3.8) is 0 Å². The molecule has 0 atom stereocenters. The van der Waals surface area contributed by atoms with Crippen molar-refractivity contribution in [1.82, 2.24) is 5.32 Å². The van der Waals surface area contributed by atoms with Crippen LogP contribution in [-0.2, 0) is 9.59 Å². The van der Waals surface area contributed by atoms with Crippen LogP contribution in [0.1, 0.15) is 59.3 Å². The highest BCUT2D eigenvalue weighted by Crippen LogP contribution is 2.11. The Balaban J connectivity index is 0.00000254. The summed E-state index contributed by atoms with van der Waals surface area (Å²) in [4.78, 5) is 22.8. The van der Waals surface area contributed by atoms with Gasteiger partial charge in [-0.1, -0.05) is 64.0 Å². The zero-order valence-electron chi connectivity index (χ0n) is 15.4. The minimum Gasteiger partial charge on any atom is -0.352 e. The molecule has 0 aliphatic heterocycles. The maximum Gasteiger partial charge on any atom is 0.250 e. The molecular weight excluding hydrogens is 298 g/mol. The van der Waals surface area contributed by atoms with E-state index in [0.717, 1.165) is 37.7 Å². The molecule has 133 valence electrons. The monoisotopic (exact) mass is 330 g/mol. The second-order valence-corrected chi connectivity index (χ2v) is 5.49. The van der Waals surface area contributed by atoms with Crippen LogP contribution in [0.4, 0.5) is 0 Å². The van der Waals surface area contributed by atoms with Gasteiger partial charge in [-0.3, -0.25) is 4.79 Å². The first-order valence-corrected chi connectivity index (χ1v) is 8.97. The number of hydrogen-bond donors (Lipinski definition) is 1. The molecular formula is C21H32NO2. The van der Waals surface area contributed by atoms with Gasteiger partial charge in [0.2, 0.25) is 0 Å². The highest BCUT2D eigenvalue weighted by atomic mass is 16.1. The van der Waals surface area contributed by atoms with Gasteiger partial charge in [0.25, 0.3) is 5.91 Å². The van der Waals surface area contributed by atoms with Gasteiger partial charge in [-0.25, -0.2) is 0 Å². The topological polar surface area (TPSA) is 46.2 Å². The van der Waals surface area contributed by atoms with E-state index in [9.17, 15) is 9.59 Å². The van der Waals surface area contributed by atoms with Crippen LogP contribution in [-0.4, -0.2) is 18.2 Å². The highest BCUT2D eigenvalue weighted by Gasteiger charge is 2.07. The summed E-state index contributed by atoms with van der Waals surface area (Å²) in [5.41, 5.74) is 1.65. The van der Waals surface area contributed by atoms with Crippen molar-refractivity contribution in [2.24, 2.45) is 0 Å². The number of Topliss-reactive ketones (excluding diaryl/α,β-unsaturated/α-hetero) is 1. The number of carbonyl (C=O) groups is 2. The Kier molecular flexibility index (Phi) is 13.5. The fourth-order valence-corrected chi connectivity index (χ4v) is 2.18. The van der Waals surface area contributed by atoms with Crippen LogP contribution in [0.2, 0.25) is 0 Å². The summed E-state index contributed by atoms with van der Waals surface area (Å²) >= 11 is 0. The van der Waals surface area contributed by atoms with Gasteiger partial charge in [0.05, 0.1) is 0 Å². The molecule has 1 radical (unpaired) electrons. The molecule has 0 spiro atoms. The van der Waals surface area contributed by atoms with E-state index in [0.29, 0.717) is 18.5 Å². The minimum atomic E-state index is -0.0391. The van der Waals surface area contributed by atoms with E-state index < -0.39 is 0 Å². The lowest BCUT2D eigenvalue weighted by Crippen LogP contribution is -2.25. The number of unbranched alkanes of at least 4 members (excludes halogenated alkanes) is 4. The molecule has 3 heteroatoms. The van der Waals surface area contributed by atoms with Crippen molar-refractivity contribution in [1.29, 1.82) is 0 Å². The van der Waals surface area contributed by atoms with E-state index in [1.807, 2.05) is 44.6 Å². The lowest BCUT2D eigenvalue weighted by Gasteiger charge is -2.06. The lowest BCUT2D eigenvalue weighted by atomic mass is 10.1. The van der Waals surface area contributed by atoms with Crippen molar-refractivity contribution in [2.45, 2.75) is 59.3 Å². The first-order valence-electron chi connectivity index (χ1n) is 8.97. The Morgan fingerprint density at radius 3 is 2.42 bits per heavy atom. The smallest absolute Gasteiger partial charge is 0.250 e. The standard InChI is InChI=1S/C19H26NO2.C2H6/c1-3-17-11-9-12-18(14-13-17)19(22)20-15-8-6-4-5-7-10-16(2)21;1-2/h3,9,11-14H,1,4-8,10,15H2,2H3,(H,20,22);1-2H3. The Morgan fingerprint density at radius 1 is 1.08 bits per heavy atom. The number of allylic oxidation sites excluding steroid dienone is 5. The maximum absolute atomic E-state index is 12.0. The third kappa shape index (κ3) is 10.8. The van der Waals surface area contributed by atoms with Crippen LogP contribution in [0, 0.1) is 6.42 Å². The van der Waals surface area contributed by atoms with Crippen LogP contribution < -0.4 is 5.32 Å². The number of amides is 1. The summed E-state index contributed by atoms with van der Waals surface area (Å²) in [5.74, 6) is 0.227. The molecule has 0 aromatic rings. The summed E-state index contributed by atoms with van der Waals surface area (Å²) in [7, 11) is 0. The predicted molar refractivity (Wildman–Crippen MR) is 103 cm³/mol. The van der Waals surface area contributed by atoms with Crippen molar-refractivity contribution < 1.29 is 9.59 Å². The fourth-order valence-electron chi connectivity index (χ4n) is 2.18. The summed E-state index contributed by atoms with van der Waals surface area (Å²) in [6, 6.07) is 0. The number of carbonyl (C=O) groups excluding carboxylic acids is 2.